The third-order valence-electron chi connectivity index (χ3n) is 3.93. The summed E-state index contributed by atoms with van der Waals surface area (Å²) in [6.07, 6.45) is 3.59. The molecule has 0 saturated carbocycles. The maximum absolute atomic E-state index is 12.3. The zero-order valence-corrected chi connectivity index (χ0v) is 13.8. The second kappa shape index (κ2) is 7.45. The van der Waals surface area contributed by atoms with E-state index in [4.69, 9.17) is 16.3 Å². The Morgan fingerprint density at radius 1 is 1.08 bits per heavy atom. The number of hydrogen-bond donors (Lipinski definition) is 0. The summed E-state index contributed by atoms with van der Waals surface area (Å²) in [5.74, 6) is -0.404. The zero-order valence-electron chi connectivity index (χ0n) is 13.1. The van der Waals surface area contributed by atoms with Crippen LogP contribution in [0.25, 0.3) is 0 Å². The quantitative estimate of drug-likeness (QED) is 0.630. The minimum absolute atomic E-state index is 0.0578. The van der Waals surface area contributed by atoms with Crippen molar-refractivity contribution in [2.45, 2.75) is 19.4 Å². The summed E-state index contributed by atoms with van der Waals surface area (Å²) in [7, 11) is 0. The molecule has 0 unspecified atom stereocenters. The highest BCUT2D eigenvalue weighted by Crippen LogP contribution is 2.15. The number of benzene rings is 1. The van der Waals surface area contributed by atoms with Gasteiger partial charge in [0.25, 0.3) is 5.91 Å². The Kier molecular flexibility index (Phi) is 5.11. The van der Waals surface area contributed by atoms with Crippen molar-refractivity contribution >= 4 is 23.5 Å². The van der Waals surface area contributed by atoms with Crippen LogP contribution in [0.3, 0.4) is 0 Å². The van der Waals surface area contributed by atoms with E-state index in [1.54, 1.807) is 30.3 Å². The fraction of sp³-hybridized carbons (Fsp3) is 0.278. The standard InChI is InChI=1S/C18H17ClN2O3/c19-16-11-15(7-8-20-16)18(23)24-12-13-3-5-14(6-4-13)17(22)21-9-1-2-10-21/h3-8,11H,1-2,9-10,12H2. The maximum atomic E-state index is 12.3. The van der Waals surface area contributed by atoms with E-state index in [0.717, 1.165) is 31.5 Å². The van der Waals surface area contributed by atoms with Crippen LogP contribution in [0, 0.1) is 0 Å². The topological polar surface area (TPSA) is 59.5 Å². The molecule has 124 valence electrons. The Balaban J connectivity index is 1.58. The average Bonchev–Trinajstić information content (AvgIpc) is 3.14. The van der Waals surface area contributed by atoms with Gasteiger partial charge in [-0.05, 0) is 42.7 Å². The van der Waals surface area contributed by atoms with Gasteiger partial charge in [0.2, 0.25) is 0 Å². The highest BCUT2D eigenvalue weighted by Gasteiger charge is 2.19. The molecular weight excluding hydrogens is 328 g/mol. The first-order chi connectivity index (χ1) is 11.6. The molecular formula is C18H17ClN2O3. The van der Waals surface area contributed by atoms with Crippen molar-refractivity contribution in [2.24, 2.45) is 0 Å². The molecule has 3 rings (SSSR count). The number of carbonyl (C=O) groups is 2. The molecule has 0 bridgehead atoms. The smallest absolute Gasteiger partial charge is 0.338 e. The molecule has 0 N–H and O–H groups in total. The summed E-state index contributed by atoms with van der Waals surface area (Å²) in [5.41, 5.74) is 1.84. The number of nitrogens with zero attached hydrogens (tertiary/aromatic N) is 2. The number of hydrogen-bond acceptors (Lipinski definition) is 4. The molecule has 1 fully saturated rings. The van der Waals surface area contributed by atoms with E-state index < -0.39 is 5.97 Å². The second-order valence-electron chi connectivity index (χ2n) is 5.64. The van der Waals surface area contributed by atoms with Crippen molar-refractivity contribution in [2.75, 3.05) is 13.1 Å². The molecule has 5 nitrogen and oxygen atoms in total. The molecule has 0 radical (unpaired) electrons. The largest absolute Gasteiger partial charge is 0.457 e. The SMILES string of the molecule is O=C(OCc1ccc(C(=O)N2CCCC2)cc1)c1ccnc(Cl)c1. The summed E-state index contributed by atoms with van der Waals surface area (Å²) in [6, 6.07) is 10.2. The predicted octanol–water partition coefficient (Wildman–Crippen LogP) is 3.33. The van der Waals surface area contributed by atoms with Gasteiger partial charge in [-0.1, -0.05) is 23.7 Å². The van der Waals surface area contributed by atoms with Gasteiger partial charge in [-0.2, -0.15) is 0 Å². The van der Waals surface area contributed by atoms with Gasteiger partial charge in [0, 0.05) is 24.8 Å². The number of likely N-dealkylation sites (tertiary alicyclic amines) is 1. The van der Waals surface area contributed by atoms with Crippen molar-refractivity contribution in [3.05, 3.63) is 64.4 Å². The normalized spacial score (nSPS) is 13.8. The van der Waals surface area contributed by atoms with Crippen LogP contribution < -0.4 is 0 Å². The van der Waals surface area contributed by atoms with Gasteiger partial charge < -0.3 is 9.64 Å². The number of carbonyl (C=O) groups excluding carboxylic acids is 2. The first kappa shape index (κ1) is 16.5. The lowest BCUT2D eigenvalue weighted by Crippen LogP contribution is -2.27. The maximum Gasteiger partial charge on any atom is 0.338 e. The van der Waals surface area contributed by atoms with Gasteiger partial charge in [-0.3, -0.25) is 4.79 Å². The van der Waals surface area contributed by atoms with Crippen molar-refractivity contribution in [1.29, 1.82) is 0 Å². The highest BCUT2D eigenvalue weighted by molar-refractivity contribution is 6.29. The van der Waals surface area contributed by atoms with Gasteiger partial charge >= 0.3 is 5.97 Å². The highest BCUT2D eigenvalue weighted by atomic mass is 35.5. The molecule has 24 heavy (non-hydrogen) atoms. The van der Waals surface area contributed by atoms with Crippen molar-refractivity contribution < 1.29 is 14.3 Å². The van der Waals surface area contributed by atoms with Crippen LogP contribution in [0.15, 0.2) is 42.6 Å². The molecule has 1 aromatic carbocycles. The summed E-state index contributed by atoms with van der Waals surface area (Å²) >= 11 is 5.75. The first-order valence-electron chi connectivity index (χ1n) is 7.80. The van der Waals surface area contributed by atoms with Crippen molar-refractivity contribution in [3.63, 3.8) is 0 Å². The second-order valence-corrected chi connectivity index (χ2v) is 6.03. The number of rotatable bonds is 4. The van der Waals surface area contributed by atoms with Crippen LogP contribution in [-0.4, -0.2) is 34.8 Å². The number of esters is 1. The minimum Gasteiger partial charge on any atom is -0.457 e. The van der Waals surface area contributed by atoms with Gasteiger partial charge in [0.15, 0.2) is 0 Å². The van der Waals surface area contributed by atoms with Crippen molar-refractivity contribution in [1.82, 2.24) is 9.88 Å². The monoisotopic (exact) mass is 344 g/mol. The Hall–Kier alpha value is -2.40. The van der Waals surface area contributed by atoms with Crippen LogP contribution >= 0.6 is 11.6 Å². The average molecular weight is 345 g/mol. The molecule has 0 aliphatic carbocycles. The lowest BCUT2D eigenvalue weighted by molar-refractivity contribution is 0.0472. The first-order valence-corrected chi connectivity index (χ1v) is 8.18. The number of pyridine rings is 1. The molecule has 2 aromatic rings. The number of ether oxygens (including phenoxy) is 1. The molecule has 1 aliphatic rings. The van der Waals surface area contributed by atoms with Gasteiger partial charge in [-0.15, -0.1) is 0 Å². The molecule has 0 atom stereocenters. The van der Waals surface area contributed by atoms with E-state index in [2.05, 4.69) is 4.98 Å². The lowest BCUT2D eigenvalue weighted by atomic mass is 10.1. The molecule has 1 aromatic heterocycles. The van der Waals surface area contributed by atoms with Crippen LogP contribution in [0.5, 0.6) is 0 Å². The molecule has 1 amide bonds. The van der Waals surface area contributed by atoms with Gasteiger partial charge in [0.1, 0.15) is 11.8 Å². The van der Waals surface area contributed by atoms with Crippen LogP contribution in [-0.2, 0) is 11.3 Å². The van der Waals surface area contributed by atoms with Crippen LogP contribution in [0.1, 0.15) is 39.1 Å². The Morgan fingerprint density at radius 2 is 1.79 bits per heavy atom. The van der Waals surface area contributed by atoms with Gasteiger partial charge in [-0.25, -0.2) is 9.78 Å². The molecule has 0 spiro atoms. The zero-order chi connectivity index (χ0) is 16.9. The fourth-order valence-electron chi connectivity index (χ4n) is 2.61. The summed E-state index contributed by atoms with van der Waals surface area (Å²) in [4.78, 5) is 29.9. The third-order valence-corrected chi connectivity index (χ3v) is 4.13. The Bertz CT molecular complexity index is 740. The van der Waals surface area contributed by atoms with Crippen LogP contribution in [0.4, 0.5) is 0 Å². The van der Waals surface area contributed by atoms with Gasteiger partial charge in [0.05, 0.1) is 5.56 Å². The predicted molar refractivity (Wildman–Crippen MR) is 89.9 cm³/mol. The third kappa shape index (κ3) is 3.92. The molecule has 1 aliphatic heterocycles. The lowest BCUT2D eigenvalue weighted by Gasteiger charge is -2.15. The Morgan fingerprint density at radius 3 is 2.46 bits per heavy atom. The van der Waals surface area contributed by atoms with E-state index in [9.17, 15) is 9.59 Å². The number of amides is 1. The van der Waals surface area contributed by atoms with Crippen molar-refractivity contribution in [3.8, 4) is 0 Å². The van der Waals surface area contributed by atoms with E-state index in [1.165, 1.54) is 12.3 Å². The Labute approximate surface area is 145 Å². The van der Waals surface area contributed by atoms with E-state index in [1.807, 2.05) is 4.90 Å². The minimum atomic E-state index is -0.462. The van der Waals surface area contributed by atoms with E-state index in [-0.39, 0.29) is 17.7 Å². The van der Waals surface area contributed by atoms with Crippen LogP contribution in [0.2, 0.25) is 5.15 Å². The van der Waals surface area contributed by atoms with E-state index >= 15 is 0 Å². The molecule has 1 saturated heterocycles. The molecule has 2 heterocycles. The van der Waals surface area contributed by atoms with E-state index in [0.29, 0.717) is 11.1 Å². The summed E-state index contributed by atoms with van der Waals surface area (Å²) < 4.78 is 5.25. The summed E-state index contributed by atoms with van der Waals surface area (Å²) in [5, 5.41) is 0.245. The fourth-order valence-corrected chi connectivity index (χ4v) is 2.78. The number of halogens is 1. The molecule has 6 heteroatoms. The summed E-state index contributed by atoms with van der Waals surface area (Å²) in [6.45, 7) is 1.79. The number of aromatic nitrogens is 1.